The number of carbonyl (C=O) groups excluding carboxylic acids is 1. The van der Waals surface area contributed by atoms with Crippen LogP contribution in [-0.4, -0.2) is 24.5 Å². The summed E-state index contributed by atoms with van der Waals surface area (Å²) in [6.45, 7) is 2.78. The van der Waals surface area contributed by atoms with Gasteiger partial charge in [-0.3, -0.25) is 4.79 Å². The largest absolute Gasteiger partial charge is 0.376 e. The first-order valence-electron chi connectivity index (χ1n) is 7.78. The number of benzene rings is 2. The lowest BCUT2D eigenvalue weighted by molar-refractivity contribution is 0.0721. The van der Waals surface area contributed by atoms with Gasteiger partial charge in [0.2, 0.25) is 0 Å². The van der Waals surface area contributed by atoms with Crippen molar-refractivity contribution >= 4 is 11.5 Å². The van der Waals surface area contributed by atoms with Gasteiger partial charge in [-0.15, -0.1) is 0 Å². The molecule has 1 aliphatic rings. The molecule has 114 valence electrons. The molecule has 2 aromatic rings. The van der Waals surface area contributed by atoms with E-state index >= 15 is 0 Å². The van der Waals surface area contributed by atoms with Crippen molar-refractivity contribution < 1.29 is 9.53 Å². The average molecular weight is 295 g/mol. The number of aryl methyl sites for hydroxylation is 1. The predicted molar refractivity (Wildman–Crippen MR) is 88.3 cm³/mol. The molecule has 2 aromatic carbocycles. The van der Waals surface area contributed by atoms with Crippen molar-refractivity contribution in [2.45, 2.75) is 31.9 Å². The van der Waals surface area contributed by atoms with E-state index in [0.29, 0.717) is 0 Å². The molecule has 1 heterocycles. The van der Waals surface area contributed by atoms with E-state index in [2.05, 4.69) is 11.4 Å². The van der Waals surface area contributed by atoms with Gasteiger partial charge in [0.05, 0.1) is 6.10 Å². The highest BCUT2D eigenvalue weighted by Gasteiger charge is 2.32. The third-order valence-corrected chi connectivity index (χ3v) is 4.02. The monoisotopic (exact) mass is 295 g/mol. The number of ether oxygens (including phenoxy) is 1. The topological polar surface area (TPSA) is 38.3 Å². The summed E-state index contributed by atoms with van der Waals surface area (Å²) in [7, 11) is 0. The zero-order valence-corrected chi connectivity index (χ0v) is 12.8. The molecular formula is C19H21NO2. The predicted octanol–water partition coefficient (Wildman–Crippen LogP) is 3.84. The Morgan fingerprint density at radius 3 is 2.68 bits per heavy atom. The molecular weight excluding hydrogens is 274 g/mol. The Bertz CT molecular complexity index is 633. The fourth-order valence-corrected chi connectivity index (χ4v) is 2.89. The summed E-state index contributed by atoms with van der Waals surface area (Å²) in [4.78, 5) is 12.9. The van der Waals surface area contributed by atoms with E-state index in [1.807, 2.05) is 55.5 Å². The molecule has 0 saturated carbocycles. The van der Waals surface area contributed by atoms with Crippen molar-refractivity contribution in [3.63, 3.8) is 0 Å². The zero-order chi connectivity index (χ0) is 15.4. The first kappa shape index (κ1) is 14.8. The molecule has 0 amide bonds. The number of anilines is 1. The lowest BCUT2D eigenvalue weighted by atomic mass is 9.97. The molecule has 1 fully saturated rings. The van der Waals surface area contributed by atoms with Gasteiger partial charge in [0, 0.05) is 17.9 Å². The maximum absolute atomic E-state index is 12.9. The van der Waals surface area contributed by atoms with Crippen molar-refractivity contribution in [3.8, 4) is 0 Å². The third kappa shape index (κ3) is 3.37. The number of nitrogens with one attached hydrogen (secondary N) is 1. The van der Waals surface area contributed by atoms with Gasteiger partial charge in [0.15, 0.2) is 5.78 Å². The number of Topliss-reactive ketones (excluding diaryl/α,β-unsaturated/α-hetero) is 1. The second-order valence-corrected chi connectivity index (χ2v) is 5.77. The molecule has 0 spiro atoms. The molecule has 0 aliphatic carbocycles. The van der Waals surface area contributed by atoms with E-state index < -0.39 is 0 Å². The van der Waals surface area contributed by atoms with Crippen molar-refractivity contribution in [1.82, 2.24) is 0 Å². The van der Waals surface area contributed by atoms with Crippen LogP contribution in [0.5, 0.6) is 0 Å². The van der Waals surface area contributed by atoms with Gasteiger partial charge in [-0.05, 0) is 37.5 Å². The zero-order valence-electron chi connectivity index (χ0n) is 12.8. The average Bonchev–Trinajstić information content (AvgIpc) is 3.07. The van der Waals surface area contributed by atoms with E-state index in [0.717, 1.165) is 30.7 Å². The van der Waals surface area contributed by atoms with E-state index in [1.165, 1.54) is 5.56 Å². The molecule has 3 nitrogen and oxygen atoms in total. The Morgan fingerprint density at radius 1 is 1.18 bits per heavy atom. The Hall–Kier alpha value is -2.13. The molecule has 0 aromatic heterocycles. The van der Waals surface area contributed by atoms with Gasteiger partial charge in [-0.25, -0.2) is 0 Å². The third-order valence-electron chi connectivity index (χ3n) is 4.02. The van der Waals surface area contributed by atoms with Gasteiger partial charge in [0.1, 0.15) is 6.04 Å². The van der Waals surface area contributed by atoms with Crippen molar-refractivity contribution in [2.75, 3.05) is 11.9 Å². The van der Waals surface area contributed by atoms with Crippen LogP contribution in [0.3, 0.4) is 0 Å². The molecule has 1 saturated heterocycles. The molecule has 0 radical (unpaired) electrons. The molecule has 0 bridgehead atoms. The number of hydrogen-bond donors (Lipinski definition) is 1. The summed E-state index contributed by atoms with van der Waals surface area (Å²) in [5, 5.41) is 3.39. The van der Waals surface area contributed by atoms with E-state index in [1.54, 1.807) is 0 Å². The van der Waals surface area contributed by atoms with Crippen LogP contribution in [0.1, 0.15) is 28.8 Å². The highest BCUT2D eigenvalue weighted by molar-refractivity contribution is 6.02. The Labute approximate surface area is 131 Å². The maximum Gasteiger partial charge on any atom is 0.187 e. The van der Waals surface area contributed by atoms with Gasteiger partial charge >= 0.3 is 0 Å². The Morgan fingerprint density at radius 2 is 2.00 bits per heavy atom. The first-order chi connectivity index (χ1) is 10.7. The highest BCUT2D eigenvalue weighted by Crippen LogP contribution is 2.22. The van der Waals surface area contributed by atoms with Crippen LogP contribution >= 0.6 is 0 Å². The number of carbonyl (C=O) groups is 1. The second-order valence-electron chi connectivity index (χ2n) is 5.77. The smallest absolute Gasteiger partial charge is 0.187 e. The summed E-state index contributed by atoms with van der Waals surface area (Å²) < 4.78 is 5.78. The van der Waals surface area contributed by atoms with Crippen LogP contribution in [-0.2, 0) is 4.74 Å². The number of hydrogen-bond acceptors (Lipinski definition) is 3. The van der Waals surface area contributed by atoms with Gasteiger partial charge < -0.3 is 10.1 Å². The van der Waals surface area contributed by atoms with Crippen LogP contribution in [0, 0.1) is 6.92 Å². The van der Waals surface area contributed by atoms with E-state index in [9.17, 15) is 4.79 Å². The Balaban J connectivity index is 1.85. The van der Waals surface area contributed by atoms with Crippen LogP contribution in [0.4, 0.5) is 5.69 Å². The number of ketones is 1. The quantitative estimate of drug-likeness (QED) is 0.852. The maximum atomic E-state index is 12.9. The summed E-state index contributed by atoms with van der Waals surface area (Å²) in [5.74, 6) is 0.0917. The lowest BCUT2D eigenvalue weighted by Crippen LogP contribution is -2.40. The van der Waals surface area contributed by atoms with Crippen molar-refractivity contribution in [2.24, 2.45) is 0 Å². The molecule has 3 heteroatoms. The standard InChI is InChI=1S/C19H21NO2/c1-14-7-5-10-16(13-14)20-18(17-11-6-12-22-17)19(21)15-8-3-2-4-9-15/h2-5,7-10,13,17-18,20H,6,11-12H2,1H3. The fraction of sp³-hybridized carbons (Fsp3) is 0.316. The molecule has 1 N–H and O–H groups in total. The number of rotatable bonds is 5. The van der Waals surface area contributed by atoms with Gasteiger partial charge in [0.25, 0.3) is 0 Å². The molecule has 1 aliphatic heterocycles. The van der Waals surface area contributed by atoms with Crippen LogP contribution in [0.25, 0.3) is 0 Å². The van der Waals surface area contributed by atoms with E-state index in [-0.39, 0.29) is 17.9 Å². The van der Waals surface area contributed by atoms with Crippen LogP contribution in [0.15, 0.2) is 54.6 Å². The van der Waals surface area contributed by atoms with Crippen LogP contribution in [0.2, 0.25) is 0 Å². The fourth-order valence-electron chi connectivity index (χ4n) is 2.89. The molecule has 2 unspecified atom stereocenters. The SMILES string of the molecule is Cc1cccc(NC(C(=O)c2ccccc2)C2CCCO2)c1. The minimum absolute atomic E-state index is 0.0618. The molecule has 3 rings (SSSR count). The van der Waals surface area contributed by atoms with Gasteiger partial charge in [-0.2, -0.15) is 0 Å². The van der Waals surface area contributed by atoms with Crippen molar-refractivity contribution in [1.29, 1.82) is 0 Å². The second kappa shape index (κ2) is 6.75. The normalized spacial score (nSPS) is 18.9. The minimum Gasteiger partial charge on any atom is -0.376 e. The summed E-state index contributed by atoms with van der Waals surface area (Å²) in [6, 6.07) is 17.2. The first-order valence-corrected chi connectivity index (χ1v) is 7.78. The van der Waals surface area contributed by atoms with Crippen LogP contribution < -0.4 is 5.32 Å². The summed E-state index contributed by atoms with van der Waals surface area (Å²) in [6.07, 6.45) is 1.87. The summed E-state index contributed by atoms with van der Waals surface area (Å²) >= 11 is 0. The summed E-state index contributed by atoms with van der Waals surface area (Å²) in [5.41, 5.74) is 2.86. The van der Waals surface area contributed by atoms with Gasteiger partial charge in [-0.1, -0.05) is 42.5 Å². The Kier molecular flexibility index (Phi) is 4.54. The highest BCUT2D eigenvalue weighted by atomic mass is 16.5. The molecule has 22 heavy (non-hydrogen) atoms. The molecule has 2 atom stereocenters. The lowest BCUT2D eigenvalue weighted by Gasteiger charge is -2.24. The van der Waals surface area contributed by atoms with Crippen molar-refractivity contribution in [3.05, 3.63) is 65.7 Å². The van der Waals surface area contributed by atoms with E-state index in [4.69, 9.17) is 4.74 Å². The minimum atomic E-state index is -0.341.